The molecule has 0 radical (unpaired) electrons. The molecule has 0 N–H and O–H groups in total. The number of amides is 2. The molecule has 1 aliphatic rings. The maximum absolute atomic E-state index is 11.9. The summed E-state index contributed by atoms with van der Waals surface area (Å²) >= 11 is 3.06. The topological polar surface area (TPSA) is 74.3 Å². The Morgan fingerprint density at radius 3 is 2.08 bits per heavy atom. The molecule has 2 rings (SSSR count). The molecule has 0 aromatic heterocycles. The lowest BCUT2D eigenvalue weighted by atomic mass is 10.3. The minimum atomic E-state index is -0.375. The lowest BCUT2D eigenvalue weighted by Crippen LogP contribution is -2.30. The van der Waals surface area contributed by atoms with E-state index in [0.29, 0.717) is 51.1 Å². The van der Waals surface area contributed by atoms with E-state index in [0.717, 1.165) is 4.90 Å². The zero-order valence-electron chi connectivity index (χ0n) is 13.9. The number of methoxy groups -OCH3 is 1. The summed E-state index contributed by atoms with van der Waals surface area (Å²) in [6.45, 7) is 2.96. The summed E-state index contributed by atoms with van der Waals surface area (Å²) in [5, 5.41) is 0. The van der Waals surface area contributed by atoms with Gasteiger partial charge in [-0.2, -0.15) is 0 Å². The van der Waals surface area contributed by atoms with E-state index in [4.69, 9.17) is 18.9 Å². The van der Waals surface area contributed by atoms with Gasteiger partial charge in [0.25, 0.3) is 11.8 Å². The Labute approximate surface area is 154 Å². The molecule has 136 valence electrons. The fourth-order valence-electron chi connectivity index (χ4n) is 2.06. The van der Waals surface area contributed by atoms with E-state index >= 15 is 0 Å². The number of nitrogens with zero attached hydrogens (tertiary/aromatic N) is 1. The zero-order chi connectivity index (χ0) is 18.1. The van der Waals surface area contributed by atoms with Gasteiger partial charge in [0.2, 0.25) is 0 Å². The molecule has 0 bridgehead atoms. The van der Waals surface area contributed by atoms with Gasteiger partial charge in [0.1, 0.15) is 12.4 Å². The second-order valence-corrected chi connectivity index (χ2v) is 5.89. The maximum atomic E-state index is 11.9. The van der Waals surface area contributed by atoms with Crippen molar-refractivity contribution in [2.45, 2.75) is 0 Å². The van der Waals surface area contributed by atoms with Crippen LogP contribution in [0.25, 0.3) is 0 Å². The van der Waals surface area contributed by atoms with Crippen LogP contribution in [0.5, 0.6) is 5.75 Å². The second-order valence-electron chi connectivity index (χ2n) is 5.03. The van der Waals surface area contributed by atoms with Gasteiger partial charge >= 0.3 is 0 Å². The predicted octanol–water partition coefficient (Wildman–Crippen LogP) is 1.90. The van der Waals surface area contributed by atoms with E-state index in [-0.39, 0.29) is 16.3 Å². The highest BCUT2D eigenvalue weighted by atomic mass is 79.9. The van der Waals surface area contributed by atoms with Crippen molar-refractivity contribution in [2.75, 3.05) is 51.7 Å². The summed E-state index contributed by atoms with van der Waals surface area (Å²) in [5.41, 5.74) is 0.498. The molecule has 0 saturated heterocycles. The fourth-order valence-corrected chi connectivity index (χ4v) is 2.43. The molecular formula is C17H20BrNO6. The molecule has 1 aliphatic heterocycles. The molecule has 0 fully saturated rings. The van der Waals surface area contributed by atoms with E-state index in [2.05, 4.69) is 15.9 Å². The first-order chi connectivity index (χ1) is 12.1. The van der Waals surface area contributed by atoms with Crippen molar-refractivity contribution in [3.05, 3.63) is 34.8 Å². The van der Waals surface area contributed by atoms with Crippen LogP contribution in [0.2, 0.25) is 0 Å². The molecule has 1 aromatic carbocycles. The maximum Gasteiger partial charge on any atom is 0.272 e. The molecule has 0 aliphatic carbocycles. The van der Waals surface area contributed by atoms with Crippen LogP contribution in [-0.2, 0) is 23.8 Å². The van der Waals surface area contributed by atoms with Crippen LogP contribution in [0.15, 0.2) is 34.8 Å². The lowest BCUT2D eigenvalue weighted by Gasteiger charge is -2.14. The Balaban J connectivity index is 1.66. The van der Waals surface area contributed by atoms with Gasteiger partial charge in [-0.25, -0.2) is 4.90 Å². The van der Waals surface area contributed by atoms with Crippen molar-refractivity contribution in [3.63, 3.8) is 0 Å². The van der Waals surface area contributed by atoms with Crippen LogP contribution in [-0.4, -0.2) is 58.6 Å². The van der Waals surface area contributed by atoms with Crippen molar-refractivity contribution in [1.29, 1.82) is 0 Å². The molecule has 0 saturated carbocycles. The molecular weight excluding hydrogens is 394 g/mol. The van der Waals surface area contributed by atoms with Crippen LogP contribution in [0, 0.1) is 0 Å². The molecule has 1 aromatic rings. The van der Waals surface area contributed by atoms with Crippen LogP contribution < -0.4 is 9.64 Å². The molecule has 1 heterocycles. The highest BCUT2D eigenvalue weighted by molar-refractivity contribution is 9.12. The van der Waals surface area contributed by atoms with Gasteiger partial charge in [-0.1, -0.05) is 0 Å². The Kier molecular flexibility index (Phi) is 8.07. The first-order valence-corrected chi connectivity index (χ1v) is 8.55. The third-order valence-electron chi connectivity index (χ3n) is 3.27. The third-order valence-corrected chi connectivity index (χ3v) is 3.84. The number of benzene rings is 1. The summed E-state index contributed by atoms with van der Waals surface area (Å²) in [4.78, 5) is 24.7. The van der Waals surface area contributed by atoms with Crippen molar-refractivity contribution in [3.8, 4) is 5.75 Å². The van der Waals surface area contributed by atoms with Gasteiger partial charge in [0.05, 0.1) is 43.2 Å². The van der Waals surface area contributed by atoms with E-state index < -0.39 is 0 Å². The zero-order valence-corrected chi connectivity index (χ0v) is 15.5. The number of rotatable bonds is 11. The molecule has 0 spiro atoms. The number of halogens is 1. The molecule has 8 heteroatoms. The van der Waals surface area contributed by atoms with Crippen molar-refractivity contribution >= 4 is 33.4 Å². The summed E-state index contributed by atoms with van der Waals surface area (Å²) < 4.78 is 21.3. The lowest BCUT2D eigenvalue weighted by molar-refractivity contribution is -0.120. The van der Waals surface area contributed by atoms with Crippen LogP contribution >= 0.6 is 15.9 Å². The van der Waals surface area contributed by atoms with E-state index in [1.807, 2.05) is 0 Å². The van der Waals surface area contributed by atoms with E-state index in [1.165, 1.54) is 6.08 Å². The van der Waals surface area contributed by atoms with Crippen LogP contribution in [0.3, 0.4) is 0 Å². The van der Waals surface area contributed by atoms with Crippen LogP contribution in [0.4, 0.5) is 5.69 Å². The first-order valence-electron chi connectivity index (χ1n) is 7.76. The number of hydrogen-bond acceptors (Lipinski definition) is 6. The second kappa shape index (κ2) is 10.3. The summed E-state index contributed by atoms with van der Waals surface area (Å²) in [5.74, 6) is -0.110. The molecule has 7 nitrogen and oxygen atoms in total. The monoisotopic (exact) mass is 413 g/mol. The Morgan fingerprint density at radius 1 is 0.920 bits per heavy atom. The summed E-state index contributed by atoms with van der Waals surface area (Å²) in [6.07, 6.45) is 1.25. The quantitative estimate of drug-likeness (QED) is 0.407. The fraction of sp³-hybridized carbons (Fsp3) is 0.412. The number of hydrogen-bond donors (Lipinski definition) is 0. The van der Waals surface area contributed by atoms with Gasteiger partial charge in [0, 0.05) is 13.2 Å². The third kappa shape index (κ3) is 5.93. The normalized spacial score (nSPS) is 14.2. The van der Waals surface area contributed by atoms with Gasteiger partial charge < -0.3 is 18.9 Å². The van der Waals surface area contributed by atoms with E-state index in [9.17, 15) is 9.59 Å². The standard InChI is InChI=1S/C17H20BrNO6/c1-22-6-7-23-8-9-24-10-11-25-14-4-2-13(3-5-14)19-16(20)12-15(18)17(19)21/h2-5,12H,6-11H2,1H3. The molecule has 2 amide bonds. The number of anilines is 1. The number of carbonyl (C=O) groups is 2. The smallest absolute Gasteiger partial charge is 0.272 e. The number of ether oxygens (including phenoxy) is 4. The summed E-state index contributed by atoms with van der Waals surface area (Å²) in [6, 6.07) is 6.73. The van der Waals surface area contributed by atoms with Crippen molar-refractivity contribution in [2.24, 2.45) is 0 Å². The minimum Gasteiger partial charge on any atom is -0.491 e. The van der Waals surface area contributed by atoms with E-state index in [1.54, 1.807) is 31.4 Å². The van der Waals surface area contributed by atoms with Gasteiger partial charge in [0.15, 0.2) is 0 Å². The van der Waals surface area contributed by atoms with Gasteiger partial charge in [-0.05, 0) is 40.2 Å². The largest absolute Gasteiger partial charge is 0.491 e. The number of imide groups is 1. The Hall–Kier alpha value is -1.74. The van der Waals surface area contributed by atoms with Crippen molar-refractivity contribution < 1.29 is 28.5 Å². The molecule has 0 unspecified atom stereocenters. The first kappa shape index (κ1) is 19.6. The van der Waals surface area contributed by atoms with Gasteiger partial charge in [-0.15, -0.1) is 0 Å². The Morgan fingerprint density at radius 2 is 1.52 bits per heavy atom. The summed E-state index contributed by atoms with van der Waals surface area (Å²) in [7, 11) is 1.63. The predicted molar refractivity (Wildman–Crippen MR) is 95.0 cm³/mol. The SMILES string of the molecule is COCCOCCOCCOc1ccc(N2C(=O)C=C(Br)C2=O)cc1. The number of carbonyl (C=O) groups excluding carboxylic acids is 2. The minimum absolute atomic E-state index is 0.251. The highest BCUT2D eigenvalue weighted by Gasteiger charge is 2.30. The molecule has 0 atom stereocenters. The average Bonchev–Trinajstić information content (AvgIpc) is 2.86. The van der Waals surface area contributed by atoms with Gasteiger partial charge in [-0.3, -0.25) is 9.59 Å². The Bertz CT molecular complexity index is 616. The average molecular weight is 414 g/mol. The van der Waals surface area contributed by atoms with Crippen molar-refractivity contribution in [1.82, 2.24) is 0 Å². The molecule has 25 heavy (non-hydrogen) atoms. The highest BCUT2D eigenvalue weighted by Crippen LogP contribution is 2.26. The van der Waals surface area contributed by atoms with Crippen LogP contribution in [0.1, 0.15) is 0 Å².